The molecular weight excluding hydrogens is 278 g/mol. The van der Waals surface area contributed by atoms with Gasteiger partial charge in [-0.25, -0.2) is 4.79 Å². The summed E-state index contributed by atoms with van der Waals surface area (Å²) in [5, 5.41) is 9.16. The van der Waals surface area contributed by atoms with Gasteiger partial charge in [0, 0.05) is 17.8 Å². The van der Waals surface area contributed by atoms with E-state index in [1.165, 1.54) is 4.90 Å². The highest BCUT2D eigenvalue weighted by molar-refractivity contribution is 5.86. The van der Waals surface area contributed by atoms with E-state index in [4.69, 9.17) is 9.84 Å². The van der Waals surface area contributed by atoms with Crippen LogP contribution in [0.15, 0.2) is 48.5 Å². The van der Waals surface area contributed by atoms with E-state index in [1.807, 2.05) is 69.3 Å². The number of para-hydroxylation sites is 1. The first kappa shape index (κ1) is 15.9. The standard InChI is InChI=1S/C18H21NO3/c1-4-19(18(20)21)15-11-9-14(10-12-15)16-7-5-6-8-17(16)22-13(2)3/h5-13H,4H2,1-3H3,(H,20,21). The maximum Gasteiger partial charge on any atom is 0.411 e. The van der Waals surface area contributed by atoms with Crippen molar-refractivity contribution in [3.05, 3.63) is 48.5 Å². The van der Waals surface area contributed by atoms with E-state index in [9.17, 15) is 4.79 Å². The molecule has 0 spiro atoms. The Labute approximate surface area is 131 Å². The molecule has 1 amide bonds. The first-order chi connectivity index (χ1) is 10.5. The largest absolute Gasteiger partial charge is 0.490 e. The molecule has 0 bridgehead atoms. The molecule has 0 fully saturated rings. The first-order valence-corrected chi connectivity index (χ1v) is 7.39. The highest BCUT2D eigenvalue weighted by Crippen LogP contribution is 2.31. The van der Waals surface area contributed by atoms with Gasteiger partial charge in [-0.1, -0.05) is 30.3 Å². The van der Waals surface area contributed by atoms with Crippen LogP contribution in [0.5, 0.6) is 5.75 Å². The van der Waals surface area contributed by atoms with E-state index >= 15 is 0 Å². The van der Waals surface area contributed by atoms with Crippen molar-refractivity contribution in [2.24, 2.45) is 0 Å². The summed E-state index contributed by atoms with van der Waals surface area (Å²) >= 11 is 0. The van der Waals surface area contributed by atoms with Crippen molar-refractivity contribution in [3.8, 4) is 16.9 Å². The van der Waals surface area contributed by atoms with Gasteiger partial charge in [0.05, 0.1) is 6.10 Å². The van der Waals surface area contributed by atoms with Gasteiger partial charge in [-0.2, -0.15) is 0 Å². The quantitative estimate of drug-likeness (QED) is 0.874. The SMILES string of the molecule is CCN(C(=O)O)c1ccc(-c2ccccc2OC(C)C)cc1. The molecule has 2 aromatic carbocycles. The molecule has 2 aromatic rings. The van der Waals surface area contributed by atoms with E-state index in [0.717, 1.165) is 16.9 Å². The number of nitrogens with zero attached hydrogens (tertiary/aromatic N) is 1. The Kier molecular flexibility index (Phi) is 5.04. The highest BCUT2D eigenvalue weighted by atomic mass is 16.5. The third-order valence-electron chi connectivity index (χ3n) is 3.29. The first-order valence-electron chi connectivity index (χ1n) is 7.39. The minimum atomic E-state index is -0.946. The van der Waals surface area contributed by atoms with Crippen molar-refractivity contribution >= 4 is 11.8 Å². The lowest BCUT2D eigenvalue weighted by Gasteiger charge is -2.18. The molecule has 0 heterocycles. The van der Waals surface area contributed by atoms with Gasteiger partial charge in [-0.15, -0.1) is 0 Å². The van der Waals surface area contributed by atoms with Crippen LogP contribution in [-0.4, -0.2) is 23.8 Å². The van der Waals surface area contributed by atoms with Gasteiger partial charge in [0.1, 0.15) is 5.75 Å². The second-order valence-corrected chi connectivity index (χ2v) is 5.24. The molecule has 1 N–H and O–H groups in total. The van der Waals surface area contributed by atoms with Crippen molar-refractivity contribution in [3.63, 3.8) is 0 Å². The highest BCUT2D eigenvalue weighted by Gasteiger charge is 2.12. The van der Waals surface area contributed by atoms with Gasteiger partial charge in [0.25, 0.3) is 0 Å². The second kappa shape index (κ2) is 6.98. The van der Waals surface area contributed by atoms with Crippen molar-refractivity contribution in [2.75, 3.05) is 11.4 Å². The molecule has 116 valence electrons. The third-order valence-corrected chi connectivity index (χ3v) is 3.29. The summed E-state index contributed by atoms with van der Waals surface area (Å²) in [6.45, 7) is 6.22. The lowest BCUT2D eigenvalue weighted by atomic mass is 10.0. The summed E-state index contributed by atoms with van der Waals surface area (Å²) in [6.07, 6.45) is -0.846. The van der Waals surface area contributed by atoms with E-state index < -0.39 is 6.09 Å². The smallest absolute Gasteiger partial charge is 0.411 e. The Morgan fingerprint density at radius 3 is 2.32 bits per heavy atom. The van der Waals surface area contributed by atoms with Gasteiger partial charge in [-0.05, 0) is 44.5 Å². The molecule has 4 nitrogen and oxygen atoms in total. The summed E-state index contributed by atoms with van der Waals surface area (Å²) in [7, 11) is 0. The summed E-state index contributed by atoms with van der Waals surface area (Å²) < 4.78 is 5.83. The van der Waals surface area contributed by atoms with Crippen LogP contribution >= 0.6 is 0 Å². The van der Waals surface area contributed by atoms with Crippen molar-refractivity contribution < 1.29 is 14.6 Å². The van der Waals surface area contributed by atoms with Gasteiger partial charge in [0.15, 0.2) is 0 Å². The van der Waals surface area contributed by atoms with Crippen LogP contribution in [0.3, 0.4) is 0 Å². The summed E-state index contributed by atoms with van der Waals surface area (Å²) in [6, 6.07) is 15.3. The molecule has 0 unspecified atom stereocenters. The minimum Gasteiger partial charge on any atom is -0.490 e. The number of hydrogen-bond donors (Lipinski definition) is 1. The van der Waals surface area contributed by atoms with Crippen LogP contribution in [0.2, 0.25) is 0 Å². The van der Waals surface area contributed by atoms with Crippen LogP contribution in [0.4, 0.5) is 10.5 Å². The number of carboxylic acid groups (broad SMARTS) is 1. The predicted octanol–water partition coefficient (Wildman–Crippen LogP) is 4.65. The molecule has 22 heavy (non-hydrogen) atoms. The molecule has 4 heteroatoms. The van der Waals surface area contributed by atoms with Crippen LogP contribution < -0.4 is 9.64 Å². The van der Waals surface area contributed by atoms with Gasteiger partial charge >= 0.3 is 6.09 Å². The number of carbonyl (C=O) groups is 1. The van der Waals surface area contributed by atoms with E-state index in [0.29, 0.717) is 12.2 Å². The molecule has 0 atom stereocenters. The Morgan fingerprint density at radius 1 is 1.14 bits per heavy atom. The zero-order valence-corrected chi connectivity index (χ0v) is 13.1. The fourth-order valence-corrected chi connectivity index (χ4v) is 2.31. The van der Waals surface area contributed by atoms with Crippen LogP contribution in [0.1, 0.15) is 20.8 Å². The minimum absolute atomic E-state index is 0.100. The van der Waals surface area contributed by atoms with Gasteiger partial charge < -0.3 is 9.84 Å². The van der Waals surface area contributed by atoms with E-state index in [1.54, 1.807) is 0 Å². The topological polar surface area (TPSA) is 49.8 Å². The third kappa shape index (κ3) is 3.58. The Morgan fingerprint density at radius 2 is 1.77 bits per heavy atom. The molecule has 0 radical (unpaired) electrons. The molecule has 0 aromatic heterocycles. The number of benzene rings is 2. The molecule has 0 saturated carbocycles. The molecule has 0 aliphatic carbocycles. The summed E-state index contributed by atoms with van der Waals surface area (Å²) in [4.78, 5) is 12.5. The number of anilines is 1. The molecular formula is C18H21NO3. The number of rotatable bonds is 5. The number of ether oxygens (including phenoxy) is 1. The molecule has 0 aliphatic heterocycles. The average molecular weight is 299 g/mol. The molecule has 2 rings (SSSR count). The lowest BCUT2D eigenvalue weighted by Crippen LogP contribution is -2.28. The predicted molar refractivity (Wildman–Crippen MR) is 88.7 cm³/mol. The zero-order chi connectivity index (χ0) is 16.1. The van der Waals surface area contributed by atoms with Crippen LogP contribution in [0, 0.1) is 0 Å². The lowest BCUT2D eigenvalue weighted by molar-refractivity contribution is 0.202. The Bertz CT molecular complexity index is 635. The van der Waals surface area contributed by atoms with Crippen molar-refractivity contribution in [1.82, 2.24) is 0 Å². The monoisotopic (exact) mass is 299 g/mol. The van der Waals surface area contributed by atoms with E-state index in [2.05, 4.69) is 0 Å². The van der Waals surface area contributed by atoms with Crippen LogP contribution in [0.25, 0.3) is 11.1 Å². The molecule has 0 aliphatic rings. The van der Waals surface area contributed by atoms with Crippen molar-refractivity contribution in [2.45, 2.75) is 26.9 Å². The fourth-order valence-electron chi connectivity index (χ4n) is 2.31. The maximum absolute atomic E-state index is 11.2. The van der Waals surface area contributed by atoms with E-state index in [-0.39, 0.29) is 6.10 Å². The van der Waals surface area contributed by atoms with Gasteiger partial charge in [0.2, 0.25) is 0 Å². The number of hydrogen-bond acceptors (Lipinski definition) is 2. The fraction of sp³-hybridized carbons (Fsp3) is 0.278. The van der Waals surface area contributed by atoms with Gasteiger partial charge in [-0.3, -0.25) is 4.90 Å². The normalized spacial score (nSPS) is 10.5. The van der Waals surface area contributed by atoms with Crippen LogP contribution in [-0.2, 0) is 0 Å². The summed E-state index contributed by atoms with van der Waals surface area (Å²) in [5.41, 5.74) is 2.67. The summed E-state index contributed by atoms with van der Waals surface area (Å²) in [5.74, 6) is 0.829. The second-order valence-electron chi connectivity index (χ2n) is 5.24. The zero-order valence-electron chi connectivity index (χ0n) is 13.1. The molecule has 0 saturated heterocycles. The Balaban J connectivity index is 2.33. The number of amides is 1. The Hall–Kier alpha value is -2.49. The van der Waals surface area contributed by atoms with Crippen molar-refractivity contribution in [1.29, 1.82) is 0 Å². The average Bonchev–Trinajstić information content (AvgIpc) is 2.48. The maximum atomic E-state index is 11.2.